The zero-order valence-corrected chi connectivity index (χ0v) is 10.6. The summed E-state index contributed by atoms with van der Waals surface area (Å²) in [5, 5.41) is 3.39. The maximum absolute atomic E-state index is 13.3. The number of halogens is 2. The van der Waals surface area contributed by atoms with Crippen molar-refractivity contribution in [2.75, 3.05) is 6.54 Å². The van der Waals surface area contributed by atoms with Gasteiger partial charge in [0.2, 0.25) is 0 Å². The highest BCUT2D eigenvalue weighted by Crippen LogP contribution is 2.13. The summed E-state index contributed by atoms with van der Waals surface area (Å²) in [6, 6.07) is 4.32. The predicted octanol–water partition coefficient (Wildman–Crippen LogP) is 3.68. The van der Waals surface area contributed by atoms with E-state index in [0.29, 0.717) is 18.0 Å². The van der Waals surface area contributed by atoms with Gasteiger partial charge in [-0.2, -0.15) is 0 Å². The number of benzene rings is 1. The van der Waals surface area contributed by atoms with Crippen LogP contribution in [0.1, 0.15) is 38.7 Å². The molecule has 0 saturated carbocycles. The maximum Gasteiger partial charge on any atom is 0.129 e. The highest BCUT2D eigenvalue weighted by atomic mass is 19.1. The fourth-order valence-corrected chi connectivity index (χ4v) is 2.00. The van der Waals surface area contributed by atoms with Gasteiger partial charge in [0.1, 0.15) is 11.6 Å². The summed E-state index contributed by atoms with van der Waals surface area (Å²) in [5.41, 5.74) is 0.609. The van der Waals surface area contributed by atoms with Crippen molar-refractivity contribution in [2.45, 2.75) is 45.6 Å². The molecular formula is C14H21F2N. The van der Waals surface area contributed by atoms with E-state index in [0.717, 1.165) is 31.9 Å². The molecule has 0 aliphatic heterocycles. The van der Waals surface area contributed by atoms with Gasteiger partial charge >= 0.3 is 0 Å². The first-order valence-corrected chi connectivity index (χ1v) is 6.34. The molecule has 1 rings (SSSR count). The second-order valence-corrected chi connectivity index (χ2v) is 4.29. The minimum absolute atomic E-state index is 0.429. The highest BCUT2D eigenvalue weighted by molar-refractivity contribution is 5.18. The molecule has 0 fully saturated rings. The average Bonchev–Trinajstić information content (AvgIpc) is 2.30. The lowest BCUT2D eigenvalue weighted by Crippen LogP contribution is -2.28. The molecular weight excluding hydrogens is 220 g/mol. The van der Waals surface area contributed by atoms with Crippen LogP contribution in [0.2, 0.25) is 0 Å². The number of nitrogens with one attached hydrogen (secondary N) is 1. The Morgan fingerprint density at radius 3 is 2.59 bits per heavy atom. The van der Waals surface area contributed by atoms with Gasteiger partial charge in [0.25, 0.3) is 0 Å². The number of hydrogen-bond acceptors (Lipinski definition) is 1. The number of hydrogen-bond donors (Lipinski definition) is 1. The number of aryl methyl sites for hydroxylation is 1. The third-order valence-corrected chi connectivity index (χ3v) is 3.00. The third kappa shape index (κ3) is 4.82. The monoisotopic (exact) mass is 241 g/mol. The summed E-state index contributed by atoms with van der Waals surface area (Å²) in [6.45, 7) is 5.19. The molecule has 1 aromatic rings. The molecule has 0 saturated heterocycles. The van der Waals surface area contributed by atoms with Crippen molar-refractivity contribution in [3.05, 3.63) is 35.4 Å². The summed E-state index contributed by atoms with van der Waals surface area (Å²) < 4.78 is 26.1. The van der Waals surface area contributed by atoms with Crippen LogP contribution in [0.4, 0.5) is 8.78 Å². The smallest absolute Gasteiger partial charge is 0.129 e. The summed E-state index contributed by atoms with van der Waals surface area (Å²) >= 11 is 0. The quantitative estimate of drug-likeness (QED) is 0.768. The summed E-state index contributed by atoms with van der Waals surface area (Å²) in [5.74, 6) is -0.938. The van der Waals surface area contributed by atoms with Gasteiger partial charge in [0.15, 0.2) is 0 Å². The van der Waals surface area contributed by atoms with Gasteiger partial charge in [-0.1, -0.05) is 19.9 Å². The van der Waals surface area contributed by atoms with E-state index in [-0.39, 0.29) is 0 Å². The zero-order chi connectivity index (χ0) is 12.7. The zero-order valence-electron chi connectivity index (χ0n) is 10.6. The highest BCUT2D eigenvalue weighted by Gasteiger charge is 2.07. The molecule has 1 N–H and O–H groups in total. The van der Waals surface area contributed by atoms with Crippen molar-refractivity contribution in [3.8, 4) is 0 Å². The molecule has 1 aromatic carbocycles. The third-order valence-electron chi connectivity index (χ3n) is 3.00. The van der Waals surface area contributed by atoms with Gasteiger partial charge in [-0.05, 0) is 43.9 Å². The molecule has 0 aromatic heterocycles. The topological polar surface area (TPSA) is 12.0 Å². The molecule has 3 heteroatoms. The van der Waals surface area contributed by atoms with Crippen molar-refractivity contribution in [1.29, 1.82) is 0 Å². The first-order valence-electron chi connectivity index (χ1n) is 6.34. The van der Waals surface area contributed by atoms with Crippen molar-refractivity contribution < 1.29 is 8.78 Å². The molecule has 0 aliphatic rings. The van der Waals surface area contributed by atoms with Crippen molar-refractivity contribution in [2.24, 2.45) is 0 Å². The molecule has 17 heavy (non-hydrogen) atoms. The van der Waals surface area contributed by atoms with E-state index in [1.165, 1.54) is 6.07 Å². The normalized spacial score (nSPS) is 12.7. The first kappa shape index (κ1) is 14.1. The van der Waals surface area contributed by atoms with E-state index in [9.17, 15) is 8.78 Å². The Labute approximate surface area is 102 Å². The van der Waals surface area contributed by atoms with Crippen molar-refractivity contribution in [3.63, 3.8) is 0 Å². The van der Waals surface area contributed by atoms with Gasteiger partial charge in [-0.15, -0.1) is 0 Å². The molecule has 0 heterocycles. The van der Waals surface area contributed by atoms with Crippen LogP contribution in [0, 0.1) is 11.6 Å². The largest absolute Gasteiger partial charge is 0.314 e. The SMILES string of the molecule is CCNC(CC)CCCc1ccc(F)cc1F. The lowest BCUT2D eigenvalue weighted by molar-refractivity contribution is 0.464. The Balaban J connectivity index is 2.39. The van der Waals surface area contributed by atoms with Gasteiger partial charge in [0.05, 0.1) is 0 Å². The molecule has 1 unspecified atom stereocenters. The van der Waals surface area contributed by atoms with E-state index >= 15 is 0 Å². The van der Waals surface area contributed by atoms with Gasteiger partial charge in [-0.25, -0.2) is 8.78 Å². The Bertz CT molecular complexity index is 339. The molecule has 0 aliphatic carbocycles. The second-order valence-electron chi connectivity index (χ2n) is 4.29. The van der Waals surface area contributed by atoms with E-state index < -0.39 is 11.6 Å². The fraction of sp³-hybridized carbons (Fsp3) is 0.571. The van der Waals surface area contributed by atoms with Crippen LogP contribution in [-0.2, 0) is 6.42 Å². The van der Waals surface area contributed by atoms with Crippen molar-refractivity contribution in [1.82, 2.24) is 5.32 Å². The van der Waals surface area contributed by atoms with E-state index in [4.69, 9.17) is 0 Å². The Kier molecular flexibility index (Phi) is 6.12. The second kappa shape index (κ2) is 7.38. The lowest BCUT2D eigenvalue weighted by atomic mass is 10.0. The standard InChI is InChI=1S/C14H21F2N/c1-3-13(17-4-2)7-5-6-11-8-9-12(15)10-14(11)16/h8-10,13,17H,3-7H2,1-2H3. The molecule has 1 nitrogen and oxygen atoms in total. The predicted molar refractivity (Wildman–Crippen MR) is 67.1 cm³/mol. The molecule has 96 valence electrons. The lowest BCUT2D eigenvalue weighted by Gasteiger charge is -2.15. The summed E-state index contributed by atoms with van der Waals surface area (Å²) in [7, 11) is 0. The van der Waals surface area contributed by atoms with Gasteiger partial charge < -0.3 is 5.32 Å². The van der Waals surface area contributed by atoms with Crippen molar-refractivity contribution >= 4 is 0 Å². The summed E-state index contributed by atoms with van der Waals surface area (Å²) in [6.07, 6.45) is 3.71. The minimum Gasteiger partial charge on any atom is -0.314 e. The summed E-state index contributed by atoms with van der Waals surface area (Å²) in [4.78, 5) is 0. The van der Waals surface area contributed by atoms with Crippen LogP contribution in [0.15, 0.2) is 18.2 Å². The van der Waals surface area contributed by atoms with E-state index in [1.54, 1.807) is 6.07 Å². The average molecular weight is 241 g/mol. The first-order chi connectivity index (χ1) is 8.17. The van der Waals surface area contributed by atoms with Crippen LogP contribution in [0.5, 0.6) is 0 Å². The van der Waals surface area contributed by atoms with E-state index in [1.807, 2.05) is 0 Å². The molecule has 1 atom stereocenters. The van der Waals surface area contributed by atoms with E-state index in [2.05, 4.69) is 19.2 Å². The van der Waals surface area contributed by atoms with Gasteiger partial charge in [-0.3, -0.25) is 0 Å². The Morgan fingerprint density at radius 2 is 2.00 bits per heavy atom. The van der Waals surface area contributed by atoms with Crippen LogP contribution in [0.25, 0.3) is 0 Å². The molecule has 0 spiro atoms. The molecule has 0 radical (unpaired) electrons. The molecule has 0 bridgehead atoms. The minimum atomic E-state index is -0.509. The van der Waals surface area contributed by atoms with Crippen LogP contribution < -0.4 is 5.32 Å². The van der Waals surface area contributed by atoms with Crippen LogP contribution >= 0.6 is 0 Å². The van der Waals surface area contributed by atoms with Gasteiger partial charge in [0, 0.05) is 12.1 Å². The fourth-order valence-electron chi connectivity index (χ4n) is 2.00. The maximum atomic E-state index is 13.3. The number of rotatable bonds is 7. The molecule has 0 amide bonds. The Morgan fingerprint density at radius 1 is 1.24 bits per heavy atom. The Hall–Kier alpha value is -0.960. The van der Waals surface area contributed by atoms with Crippen LogP contribution in [0.3, 0.4) is 0 Å². The van der Waals surface area contributed by atoms with Crippen LogP contribution in [-0.4, -0.2) is 12.6 Å².